The summed E-state index contributed by atoms with van der Waals surface area (Å²) in [4.78, 5) is 11.3. The van der Waals surface area contributed by atoms with Gasteiger partial charge in [0.15, 0.2) is 0 Å². The highest BCUT2D eigenvalue weighted by atomic mass is 16.1. The normalized spacial score (nSPS) is 17.1. The van der Waals surface area contributed by atoms with Crippen LogP contribution in [0.1, 0.15) is 27.2 Å². The van der Waals surface area contributed by atoms with Gasteiger partial charge in [0.25, 0.3) is 0 Å². The van der Waals surface area contributed by atoms with Gasteiger partial charge in [0.05, 0.1) is 0 Å². The molecule has 0 bridgehead atoms. The van der Waals surface area contributed by atoms with Crippen molar-refractivity contribution in [2.45, 2.75) is 33.2 Å². The zero-order valence-corrected chi connectivity index (χ0v) is 8.61. The number of rotatable bonds is 4. The first-order chi connectivity index (χ1) is 6.11. The maximum absolute atomic E-state index is 11.3. The Morgan fingerprint density at radius 1 is 1.54 bits per heavy atom. The molecule has 1 aliphatic heterocycles. The Balaban J connectivity index is 2.36. The molecule has 3 heteroatoms. The third-order valence-corrected chi connectivity index (χ3v) is 2.23. The van der Waals surface area contributed by atoms with E-state index in [0.29, 0.717) is 6.04 Å². The largest absolute Gasteiger partial charge is 0.349 e. The van der Waals surface area contributed by atoms with Crippen LogP contribution in [0.5, 0.6) is 0 Å². The van der Waals surface area contributed by atoms with Crippen LogP contribution in [0.3, 0.4) is 0 Å². The predicted molar refractivity (Wildman–Crippen MR) is 53.5 cm³/mol. The maximum Gasteiger partial charge on any atom is 0.247 e. The fourth-order valence-corrected chi connectivity index (χ4v) is 1.43. The zero-order chi connectivity index (χ0) is 9.84. The minimum Gasteiger partial charge on any atom is -0.349 e. The molecule has 0 aliphatic carbocycles. The number of hydrogen-bond acceptors (Lipinski definition) is 2. The Kier molecular flexibility index (Phi) is 3.48. The maximum atomic E-state index is 11.3. The highest BCUT2D eigenvalue weighted by molar-refractivity contribution is 5.96. The predicted octanol–water partition coefficient (Wildman–Crippen LogP) is 0.821. The van der Waals surface area contributed by atoms with Crippen LogP contribution in [0.25, 0.3) is 0 Å². The molecule has 1 heterocycles. The first kappa shape index (κ1) is 10.3. The SMILES string of the molecule is CC1=C(CCNC(C)C)C(=O)NC1. The molecule has 0 fully saturated rings. The van der Waals surface area contributed by atoms with Crippen molar-refractivity contribution >= 4 is 5.91 Å². The van der Waals surface area contributed by atoms with Crippen molar-refractivity contribution in [3.63, 3.8) is 0 Å². The van der Waals surface area contributed by atoms with Gasteiger partial charge in [-0.15, -0.1) is 0 Å². The zero-order valence-electron chi connectivity index (χ0n) is 8.61. The number of hydrogen-bond donors (Lipinski definition) is 2. The first-order valence-electron chi connectivity index (χ1n) is 4.81. The van der Waals surface area contributed by atoms with E-state index in [1.165, 1.54) is 5.57 Å². The lowest BCUT2D eigenvalue weighted by molar-refractivity contribution is -0.116. The molecule has 0 atom stereocenters. The molecule has 2 N–H and O–H groups in total. The Labute approximate surface area is 79.6 Å². The van der Waals surface area contributed by atoms with Gasteiger partial charge in [-0.25, -0.2) is 0 Å². The summed E-state index contributed by atoms with van der Waals surface area (Å²) in [5.74, 6) is 0.114. The van der Waals surface area contributed by atoms with Crippen molar-refractivity contribution < 1.29 is 4.79 Å². The molecule has 0 radical (unpaired) electrons. The average molecular weight is 182 g/mol. The molecule has 0 saturated carbocycles. The second-order valence-corrected chi connectivity index (χ2v) is 3.80. The number of carbonyl (C=O) groups excluding carboxylic acids is 1. The smallest absolute Gasteiger partial charge is 0.247 e. The summed E-state index contributed by atoms with van der Waals surface area (Å²) in [6.07, 6.45) is 0.843. The summed E-state index contributed by atoms with van der Waals surface area (Å²) >= 11 is 0. The second kappa shape index (κ2) is 4.42. The van der Waals surface area contributed by atoms with E-state index in [0.717, 1.165) is 25.1 Å². The van der Waals surface area contributed by atoms with Crippen molar-refractivity contribution in [1.82, 2.24) is 10.6 Å². The quantitative estimate of drug-likeness (QED) is 0.676. The van der Waals surface area contributed by atoms with E-state index in [1.807, 2.05) is 6.92 Å². The van der Waals surface area contributed by atoms with Crippen LogP contribution in [0, 0.1) is 0 Å². The lowest BCUT2D eigenvalue weighted by atomic mass is 10.1. The summed E-state index contributed by atoms with van der Waals surface area (Å²) in [5.41, 5.74) is 2.16. The Morgan fingerprint density at radius 3 is 2.69 bits per heavy atom. The van der Waals surface area contributed by atoms with Gasteiger partial charge < -0.3 is 10.6 Å². The Bertz CT molecular complexity index is 231. The lowest BCUT2D eigenvalue weighted by Gasteiger charge is -2.07. The second-order valence-electron chi connectivity index (χ2n) is 3.80. The average Bonchev–Trinajstić information content (AvgIpc) is 2.34. The van der Waals surface area contributed by atoms with E-state index >= 15 is 0 Å². The van der Waals surface area contributed by atoms with E-state index in [4.69, 9.17) is 0 Å². The van der Waals surface area contributed by atoms with Crippen LogP contribution >= 0.6 is 0 Å². The lowest BCUT2D eigenvalue weighted by Crippen LogP contribution is -2.25. The molecule has 0 unspecified atom stereocenters. The fourth-order valence-electron chi connectivity index (χ4n) is 1.43. The standard InChI is InChI=1S/C10H18N2O/c1-7(2)11-5-4-9-8(3)6-12-10(9)13/h7,11H,4-6H2,1-3H3,(H,12,13). The van der Waals surface area contributed by atoms with E-state index in [1.54, 1.807) is 0 Å². The van der Waals surface area contributed by atoms with Gasteiger partial charge in [-0.3, -0.25) is 4.79 Å². The van der Waals surface area contributed by atoms with E-state index in [-0.39, 0.29) is 5.91 Å². The minimum absolute atomic E-state index is 0.114. The van der Waals surface area contributed by atoms with Crippen LogP contribution in [0.15, 0.2) is 11.1 Å². The highest BCUT2D eigenvalue weighted by Crippen LogP contribution is 2.13. The number of nitrogens with one attached hydrogen (secondary N) is 2. The van der Waals surface area contributed by atoms with Crippen molar-refractivity contribution in [3.05, 3.63) is 11.1 Å². The Morgan fingerprint density at radius 2 is 2.23 bits per heavy atom. The molecule has 74 valence electrons. The summed E-state index contributed by atoms with van der Waals surface area (Å²) in [6.45, 7) is 7.85. The van der Waals surface area contributed by atoms with Crippen LogP contribution in [-0.2, 0) is 4.79 Å². The van der Waals surface area contributed by atoms with Crippen LogP contribution in [0.4, 0.5) is 0 Å². The number of carbonyl (C=O) groups is 1. The molecule has 0 aromatic carbocycles. The van der Waals surface area contributed by atoms with Gasteiger partial charge in [-0.1, -0.05) is 13.8 Å². The van der Waals surface area contributed by atoms with Crippen LogP contribution in [-0.4, -0.2) is 25.0 Å². The topological polar surface area (TPSA) is 41.1 Å². The van der Waals surface area contributed by atoms with E-state index in [2.05, 4.69) is 24.5 Å². The molecule has 1 rings (SSSR count). The van der Waals surface area contributed by atoms with Crippen molar-refractivity contribution in [1.29, 1.82) is 0 Å². The van der Waals surface area contributed by atoms with E-state index in [9.17, 15) is 4.79 Å². The molecule has 0 aromatic heterocycles. The van der Waals surface area contributed by atoms with E-state index < -0.39 is 0 Å². The van der Waals surface area contributed by atoms with Gasteiger partial charge in [0.1, 0.15) is 0 Å². The van der Waals surface area contributed by atoms with Crippen molar-refractivity contribution in [3.8, 4) is 0 Å². The van der Waals surface area contributed by atoms with Gasteiger partial charge >= 0.3 is 0 Å². The van der Waals surface area contributed by atoms with Crippen LogP contribution in [0.2, 0.25) is 0 Å². The fraction of sp³-hybridized carbons (Fsp3) is 0.700. The van der Waals surface area contributed by atoms with Gasteiger partial charge in [0.2, 0.25) is 5.91 Å². The molecule has 13 heavy (non-hydrogen) atoms. The number of amides is 1. The molecule has 0 aromatic rings. The highest BCUT2D eigenvalue weighted by Gasteiger charge is 2.18. The first-order valence-corrected chi connectivity index (χ1v) is 4.81. The monoisotopic (exact) mass is 182 g/mol. The summed E-state index contributed by atoms with van der Waals surface area (Å²) in [7, 11) is 0. The molecule has 3 nitrogen and oxygen atoms in total. The molecule has 0 saturated heterocycles. The van der Waals surface area contributed by atoms with Crippen molar-refractivity contribution in [2.75, 3.05) is 13.1 Å². The van der Waals surface area contributed by atoms with Gasteiger partial charge in [0, 0.05) is 18.2 Å². The van der Waals surface area contributed by atoms with Gasteiger partial charge in [-0.2, -0.15) is 0 Å². The Hall–Kier alpha value is -0.830. The summed E-state index contributed by atoms with van der Waals surface area (Å²) < 4.78 is 0. The third kappa shape index (κ3) is 2.84. The molecular formula is C10H18N2O. The molecule has 1 aliphatic rings. The third-order valence-electron chi connectivity index (χ3n) is 2.23. The molecular weight excluding hydrogens is 164 g/mol. The molecule has 0 spiro atoms. The summed E-state index contributed by atoms with van der Waals surface area (Å²) in [6, 6.07) is 0.491. The van der Waals surface area contributed by atoms with Crippen LogP contribution < -0.4 is 10.6 Å². The minimum atomic E-state index is 0.114. The summed E-state index contributed by atoms with van der Waals surface area (Å²) in [5, 5.41) is 6.12. The molecule has 1 amide bonds. The van der Waals surface area contributed by atoms with Crippen molar-refractivity contribution in [2.24, 2.45) is 0 Å². The van der Waals surface area contributed by atoms with Gasteiger partial charge in [-0.05, 0) is 25.5 Å².